The minimum absolute atomic E-state index is 0.320. The molecule has 0 spiro atoms. The molecule has 0 saturated carbocycles. The predicted octanol–water partition coefficient (Wildman–Crippen LogP) is 2.91. The van der Waals surface area contributed by atoms with E-state index in [0.29, 0.717) is 29.4 Å². The van der Waals surface area contributed by atoms with E-state index >= 15 is 0 Å². The summed E-state index contributed by atoms with van der Waals surface area (Å²) < 4.78 is 15.9. The number of amides is 1. The molecule has 0 heterocycles. The van der Waals surface area contributed by atoms with E-state index in [4.69, 9.17) is 19.5 Å². The van der Waals surface area contributed by atoms with Gasteiger partial charge in [-0.25, -0.2) is 4.79 Å². The quantitative estimate of drug-likeness (QED) is 0.720. The number of carbonyl (C=O) groups is 2. The molecule has 0 radical (unpaired) electrons. The molecule has 2 rings (SSSR count). The van der Waals surface area contributed by atoms with Gasteiger partial charge in [0.1, 0.15) is 6.07 Å². The van der Waals surface area contributed by atoms with Crippen LogP contribution < -0.4 is 14.8 Å². The number of para-hydroxylation sites is 3. The van der Waals surface area contributed by atoms with Gasteiger partial charge in [-0.05, 0) is 38.1 Å². The third kappa shape index (κ3) is 5.75. The number of nitrogens with one attached hydrogen (secondary N) is 1. The van der Waals surface area contributed by atoms with Crippen LogP contribution in [-0.4, -0.2) is 31.2 Å². The summed E-state index contributed by atoms with van der Waals surface area (Å²) in [6, 6.07) is 15.5. The Bertz CT molecular complexity index is 844. The molecule has 7 heteroatoms. The molecule has 0 fully saturated rings. The Kier molecular flexibility index (Phi) is 7.20. The summed E-state index contributed by atoms with van der Waals surface area (Å²) in [7, 11) is 0. The van der Waals surface area contributed by atoms with Crippen molar-refractivity contribution in [3.8, 4) is 17.6 Å². The van der Waals surface area contributed by atoms with E-state index in [1.165, 1.54) is 6.92 Å². The molecule has 0 unspecified atom stereocenters. The molecule has 0 saturated heterocycles. The fraction of sp³-hybridized carbons (Fsp3) is 0.250. The van der Waals surface area contributed by atoms with Crippen LogP contribution in [0.25, 0.3) is 0 Å². The van der Waals surface area contributed by atoms with E-state index in [1.54, 1.807) is 48.5 Å². The van der Waals surface area contributed by atoms with Crippen molar-refractivity contribution >= 4 is 17.6 Å². The van der Waals surface area contributed by atoms with Crippen LogP contribution in [0.1, 0.15) is 19.4 Å². The minimum atomic E-state index is -1.05. The van der Waals surface area contributed by atoms with Gasteiger partial charge in [-0.1, -0.05) is 24.3 Å². The molecular weight excluding hydrogens is 348 g/mol. The number of ether oxygens (including phenoxy) is 3. The lowest BCUT2D eigenvalue weighted by Crippen LogP contribution is -2.31. The van der Waals surface area contributed by atoms with Crippen molar-refractivity contribution in [2.24, 2.45) is 0 Å². The minimum Gasteiger partial charge on any atom is -0.490 e. The number of anilines is 1. The SMILES string of the molecule is CCOc1ccccc1OCC(=O)O[C@@H](C)C(=O)Nc1ccccc1C#N. The highest BCUT2D eigenvalue weighted by molar-refractivity contribution is 5.96. The Morgan fingerprint density at radius 1 is 1.07 bits per heavy atom. The Labute approximate surface area is 157 Å². The second-order valence-corrected chi connectivity index (χ2v) is 5.45. The van der Waals surface area contributed by atoms with Crippen molar-refractivity contribution < 1.29 is 23.8 Å². The second-order valence-electron chi connectivity index (χ2n) is 5.45. The van der Waals surface area contributed by atoms with Gasteiger partial charge in [0.2, 0.25) is 0 Å². The maximum absolute atomic E-state index is 12.2. The van der Waals surface area contributed by atoms with Gasteiger partial charge in [-0.2, -0.15) is 5.26 Å². The monoisotopic (exact) mass is 368 g/mol. The number of esters is 1. The maximum Gasteiger partial charge on any atom is 0.344 e. The van der Waals surface area contributed by atoms with E-state index in [0.717, 1.165) is 0 Å². The van der Waals surface area contributed by atoms with Crippen LogP contribution >= 0.6 is 0 Å². The highest BCUT2D eigenvalue weighted by Crippen LogP contribution is 2.26. The van der Waals surface area contributed by atoms with E-state index in [-0.39, 0.29) is 6.61 Å². The van der Waals surface area contributed by atoms with E-state index in [9.17, 15) is 9.59 Å². The molecule has 0 aliphatic heterocycles. The maximum atomic E-state index is 12.2. The van der Waals surface area contributed by atoms with Gasteiger partial charge >= 0.3 is 5.97 Å². The zero-order chi connectivity index (χ0) is 19.6. The highest BCUT2D eigenvalue weighted by atomic mass is 16.6. The van der Waals surface area contributed by atoms with Crippen LogP contribution in [0.3, 0.4) is 0 Å². The molecule has 2 aromatic carbocycles. The zero-order valence-corrected chi connectivity index (χ0v) is 15.1. The predicted molar refractivity (Wildman–Crippen MR) is 98.4 cm³/mol. The van der Waals surface area contributed by atoms with E-state index in [2.05, 4.69) is 5.32 Å². The summed E-state index contributed by atoms with van der Waals surface area (Å²) in [5.41, 5.74) is 0.676. The van der Waals surface area contributed by atoms with Crippen LogP contribution in [0.4, 0.5) is 5.69 Å². The summed E-state index contributed by atoms with van der Waals surface area (Å²) in [6.45, 7) is 3.38. The number of hydrogen-bond acceptors (Lipinski definition) is 6. The van der Waals surface area contributed by atoms with Gasteiger partial charge in [0, 0.05) is 0 Å². The van der Waals surface area contributed by atoms with Crippen LogP contribution in [0, 0.1) is 11.3 Å². The molecule has 0 aliphatic rings. The van der Waals surface area contributed by atoms with Crippen LogP contribution in [-0.2, 0) is 14.3 Å². The third-order valence-electron chi connectivity index (χ3n) is 3.48. The summed E-state index contributed by atoms with van der Waals surface area (Å²) in [5, 5.41) is 11.6. The molecule has 27 heavy (non-hydrogen) atoms. The molecule has 0 bridgehead atoms. The van der Waals surface area contributed by atoms with Gasteiger partial charge in [-0.15, -0.1) is 0 Å². The Balaban J connectivity index is 1.88. The molecule has 1 amide bonds. The smallest absolute Gasteiger partial charge is 0.344 e. The first-order chi connectivity index (χ1) is 13.0. The highest BCUT2D eigenvalue weighted by Gasteiger charge is 2.19. The zero-order valence-electron chi connectivity index (χ0n) is 15.1. The lowest BCUT2D eigenvalue weighted by molar-refractivity contribution is -0.155. The molecule has 1 N–H and O–H groups in total. The molecule has 0 aromatic heterocycles. The lowest BCUT2D eigenvalue weighted by Gasteiger charge is -2.15. The number of benzene rings is 2. The normalized spacial score (nSPS) is 11.0. The molecule has 2 aromatic rings. The van der Waals surface area contributed by atoms with Crippen LogP contribution in [0.2, 0.25) is 0 Å². The summed E-state index contributed by atoms with van der Waals surface area (Å²) in [5.74, 6) is -0.304. The topological polar surface area (TPSA) is 97.7 Å². The molecule has 7 nitrogen and oxygen atoms in total. The molecule has 1 atom stereocenters. The first-order valence-corrected chi connectivity index (χ1v) is 8.39. The number of carbonyl (C=O) groups excluding carboxylic acids is 2. The van der Waals surface area contributed by atoms with Crippen molar-refractivity contribution in [1.29, 1.82) is 5.26 Å². The average Bonchev–Trinajstić information content (AvgIpc) is 2.68. The standard InChI is InChI=1S/C20H20N2O5/c1-3-25-17-10-6-7-11-18(17)26-13-19(23)27-14(2)20(24)22-16-9-5-4-8-15(16)12-21/h4-11,14H,3,13H2,1-2H3,(H,22,24)/t14-/m0/s1. The Morgan fingerprint density at radius 2 is 1.70 bits per heavy atom. The lowest BCUT2D eigenvalue weighted by atomic mass is 10.2. The molecule has 0 aliphatic carbocycles. The first-order valence-electron chi connectivity index (χ1n) is 8.39. The van der Waals surface area contributed by atoms with Gasteiger partial charge in [0.15, 0.2) is 24.2 Å². The summed E-state index contributed by atoms with van der Waals surface area (Å²) >= 11 is 0. The average molecular weight is 368 g/mol. The Morgan fingerprint density at radius 3 is 2.37 bits per heavy atom. The van der Waals surface area contributed by atoms with Crippen molar-refractivity contribution in [2.45, 2.75) is 20.0 Å². The van der Waals surface area contributed by atoms with Crippen molar-refractivity contribution in [3.63, 3.8) is 0 Å². The summed E-state index contributed by atoms with van der Waals surface area (Å²) in [6.07, 6.45) is -1.05. The fourth-order valence-corrected chi connectivity index (χ4v) is 2.19. The number of hydrogen-bond donors (Lipinski definition) is 1. The van der Waals surface area contributed by atoms with E-state index < -0.39 is 18.0 Å². The van der Waals surface area contributed by atoms with Gasteiger partial charge in [-0.3, -0.25) is 4.79 Å². The summed E-state index contributed by atoms with van der Waals surface area (Å²) in [4.78, 5) is 24.1. The van der Waals surface area contributed by atoms with Gasteiger partial charge in [0.05, 0.1) is 17.9 Å². The largest absolute Gasteiger partial charge is 0.490 e. The number of nitrogens with zero attached hydrogens (tertiary/aromatic N) is 1. The van der Waals surface area contributed by atoms with E-state index in [1.807, 2.05) is 13.0 Å². The first kappa shape index (κ1) is 19.8. The second kappa shape index (κ2) is 9.82. The number of nitriles is 1. The fourth-order valence-electron chi connectivity index (χ4n) is 2.19. The van der Waals surface area contributed by atoms with Crippen LogP contribution in [0.5, 0.6) is 11.5 Å². The number of rotatable bonds is 8. The molecular formula is C20H20N2O5. The molecule has 140 valence electrons. The van der Waals surface area contributed by atoms with Crippen molar-refractivity contribution in [3.05, 3.63) is 54.1 Å². The Hall–Kier alpha value is -3.53. The van der Waals surface area contributed by atoms with Gasteiger partial charge in [0.25, 0.3) is 5.91 Å². The van der Waals surface area contributed by atoms with Crippen LogP contribution in [0.15, 0.2) is 48.5 Å². The van der Waals surface area contributed by atoms with Gasteiger partial charge < -0.3 is 19.5 Å². The van der Waals surface area contributed by atoms with Crippen molar-refractivity contribution in [1.82, 2.24) is 0 Å². The third-order valence-corrected chi connectivity index (χ3v) is 3.48. The van der Waals surface area contributed by atoms with Crippen molar-refractivity contribution in [2.75, 3.05) is 18.5 Å².